The number of aryl methyl sites for hydroxylation is 1. The van der Waals surface area contributed by atoms with Crippen molar-refractivity contribution in [1.29, 1.82) is 0 Å². The molecule has 0 radical (unpaired) electrons. The molecule has 1 fully saturated rings. The molecular weight excluding hydrogens is 248 g/mol. The predicted octanol–water partition coefficient (Wildman–Crippen LogP) is 0.167. The molecule has 7 nitrogen and oxygen atoms in total. The Balaban J connectivity index is 2.49. The van der Waals surface area contributed by atoms with Crippen LogP contribution < -0.4 is 16.0 Å². The Morgan fingerprint density at radius 3 is 2.95 bits per heavy atom. The Hall–Kier alpha value is -2.15. The van der Waals surface area contributed by atoms with Crippen molar-refractivity contribution >= 4 is 17.3 Å². The third kappa shape index (κ3) is 2.50. The van der Waals surface area contributed by atoms with Gasteiger partial charge in [0.25, 0.3) is 5.69 Å². The summed E-state index contributed by atoms with van der Waals surface area (Å²) in [4.78, 5) is 23.9. The van der Waals surface area contributed by atoms with Gasteiger partial charge in [0.2, 0.25) is 5.91 Å². The minimum atomic E-state index is -0.562. The number of carbonyl (C=O) groups is 1. The zero-order valence-corrected chi connectivity index (χ0v) is 10.6. The number of anilines is 1. The van der Waals surface area contributed by atoms with E-state index in [4.69, 9.17) is 5.73 Å². The fourth-order valence-electron chi connectivity index (χ4n) is 2.39. The maximum atomic E-state index is 11.5. The molecule has 0 aromatic heterocycles. The number of nitrogens with one attached hydrogen (secondary N) is 1. The second-order valence-electron chi connectivity index (χ2n) is 4.52. The number of nitro groups is 1. The highest BCUT2D eigenvalue weighted by Gasteiger charge is 2.32. The lowest BCUT2D eigenvalue weighted by atomic mass is 10.1. The number of piperazine rings is 1. The van der Waals surface area contributed by atoms with E-state index < -0.39 is 16.9 Å². The van der Waals surface area contributed by atoms with E-state index in [1.54, 1.807) is 24.0 Å². The van der Waals surface area contributed by atoms with Gasteiger partial charge in [0.15, 0.2) is 0 Å². The topological polar surface area (TPSA) is 102 Å². The minimum absolute atomic E-state index is 0.00755. The highest BCUT2D eigenvalue weighted by molar-refractivity contribution is 5.86. The summed E-state index contributed by atoms with van der Waals surface area (Å²) < 4.78 is 0. The average molecular weight is 264 g/mol. The molecule has 1 atom stereocenters. The van der Waals surface area contributed by atoms with E-state index >= 15 is 0 Å². The van der Waals surface area contributed by atoms with Crippen LogP contribution in [0.5, 0.6) is 0 Å². The Morgan fingerprint density at radius 2 is 2.32 bits per heavy atom. The van der Waals surface area contributed by atoms with Crippen LogP contribution in [0.3, 0.4) is 0 Å². The average Bonchev–Trinajstić information content (AvgIpc) is 2.38. The van der Waals surface area contributed by atoms with Gasteiger partial charge >= 0.3 is 0 Å². The molecule has 3 N–H and O–H groups in total. The van der Waals surface area contributed by atoms with E-state index in [1.807, 2.05) is 0 Å². The standard InChI is InChI=1S/C12H16N4O3/c1-8-3-2-4-9(16(18)19)11(8)15-6-5-14-7-10(15)12(13)17/h2-4,10,14H,5-7H2,1H3,(H2,13,17). The molecule has 1 aromatic carbocycles. The summed E-state index contributed by atoms with van der Waals surface area (Å²) in [7, 11) is 0. The zero-order chi connectivity index (χ0) is 14.0. The van der Waals surface area contributed by atoms with Crippen molar-refractivity contribution in [3.05, 3.63) is 33.9 Å². The molecule has 1 heterocycles. The second-order valence-corrected chi connectivity index (χ2v) is 4.52. The summed E-state index contributed by atoms with van der Waals surface area (Å²) in [6.07, 6.45) is 0. The van der Waals surface area contributed by atoms with Crippen molar-refractivity contribution in [2.45, 2.75) is 13.0 Å². The molecule has 1 amide bonds. The van der Waals surface area contributed by atoms with Gasteiger partial charge in [0.1, 0.15) is 11.7 Å². The van der Waals surface area contributed by atoms with Crippen LogP contribution >= 0.6 is 0 Å². The maximum Gasteiger partial charge on any atom is 0.292 e. The number of para-hydroxylation sites is 1. The van der Waals surface area contributed by atoms with Crippen molar-refractivity contribution in [3.63, 3.8) is 0 Å². The molecule has 7 heteroatoms. The molecule has 0 aliphatic carbocycles. The number of nitro benzene ring substituents is 1. The fraction of sp³-hybridized carbons (Fsp3) is 0.417. The lowest BCUT2D eigenvalue weighted by Crippen LogP contribution is -2.57. The van der Waals surface area contributed by atoms with E-state index in [2.05, 4.69) is 5.32 Å². The van der Waals surface area contributed by atoms with E-state index in [9.17, 15) is 14.9 Å². The van der Waals surface area contributed by atoms with Crippen molar-refractivity contribution in [3.8, 4) is 0 Å². The Bertz CT molecular complexity index is 518. The summed E-state index contributed by atoms with van der Waals surface area (Å²) >= 11 is 0. The van der Waals surface area contributed by atoms with Gasteiger partial charge < -0.3 is 16.0 Å². The highest BCUT2D eigenvalue weighted by atomic mass is 16.6. The first-order valence-corrected chi connectivity index (χ1v) is 6.03. The van der Waals surface area contributed by atoms with Gasteiger partial charge in [0, 0.05) is 25.7 Å². The number of carbonyl (C=O) groups excluding carboxylic acids is 1. The van der Waals surface area contributed by atoms with Crippen LogP contribution in [0, 0.1) is 17.0 Å². The van der Waals surface area contributed by atoms with Gasteiger partial charge in [-0.2, -0.15) is 0 Å². The lowest BCUT2D eigenvalue weighted by molar-refractivity contribution is -0.384. The van der Waals surface area contributed by atoms with Gasteiger partial charge in [-0.1, -0.05) is 12.1 Å². The number of amides is 1. The Morgan fingerprint density at radius 1 is 1.58 bits per heavy atom. The van der Waals surface area contributed by atoms with Crippen LogP contribution in [-0.2, 0) is 4.79 Å². The van der Waals surface area contributed by atoms with Crippen LogP contribution in [-0.4, -0.2) is 36.5 Å². The lowest BCUT2D eigenvalue weighted by Gasteiger charge is -2.36. The maximum absolute atomic E-state index is 11.5. The molecule has 1 saturated heterocycles. The van der Waals surface area contributed by atoms with Gasteiger partial charge in [-0.25, -0.2) is 0 Å². The first kappa shape index (κ1) is 13.3. The molecule has 1 aliphatic heterocycles. The first-order chi connectivity index (χ1) is 9.02. The van der Waals surface area contributed by atoms with Gasteiger partial charge in [-0.15, -0.1) is 0 Å². The summed E-state index contributed by atoms with van der Waals surface area (Å²) in [6, 6.07) is 4.32. The molecule has 0 spiro atoms. The number of primary amides is 1. The fourth-order valence-corrected chi connectivity index (χ4v) is 2.39. The normalized spacial score (nSPS) is 19.2. The molecule has 2 rings (SSSR count). The van der Waals surface area contributed by atoms with Crippen LogP contribution in [0.2, 0.25) is 0 Å². The van der Waals surface area contributed by atoms with Crippen molar-refractivity contribution in [1.82, 2.24) is 5.32 Å². The van der Waals surface area contributed by atoms with E-state index in [1.165, 1.54) is 6.07 Å². The quantitative estimate of drug-likeness (QED) is 0.598. The molecule has 19 heavy (non-hydrogen) atoms. The minimum Gasteiger partial charge on any atom is -0.368 e. The second kappa shape index (κ2) is 5.23. The molecule has 1 aromatic rings. The summed E-state index contributed by atoms with van der Waals surface area (Å²) in [6.45, 7) is 3.37. The molecular formula is C12H16N4O3. The molecule has 1 aliphatic rings. The number of hydrogen-bond donors (Lipinski definition) is 2. The van der Waals surface area contributed by atoms with Crippen LogP contribution in [0.15, 0.2) is 18.2 Å². The van der Waals surface area contributed by atoms with Gasteiger partial charge in [-0.05, 0) is 12.5 Å². The largest absolute Gasteiger partial charge is 0.368 e. The molecule has 102 valence electrons. The summed E-state index contributed by atoms with van der Waals surface area (Å²) in [5.41, 5.74) is 6.64. The van der Waals surface area contributed by atoms with Crippen molar-refractivity contribution < 1.29 is 9.72 Å². The smallest absolute Gasteiger partial charge is 0.292 e. The van der Waals surface area contributed by atoms with Crippen molar-refractivity contribution in [2.24, 2.45) is 5.73 Å². The summed E-state index contributed by atoms with van der Waals surface area (Å²) in [5.74, 6) is -0.482. The monoisotopic (exact) mass is 264 g/mol. The van der Waals surface area contributed by atoms with Gasteiger partial charge in [-0.3, -0.25) is 14.9 Å². The Kier molecular flexibility index (Phi) is 3.66. The van der Waals surface area contributed by atoms with E-state index in [0.29, 0.717) is 25.3 Å². The number of nitrogens with two attached hydrogens (primary N) is 1. The van der Waals surface area contributed by atoms with Crippen molar-refractivity contribution in [2.75, 3.05) is 24.5 Å². The third-order valence-electron chi connectivity index (χ3n) is 3.27. The Labute approximate surface area is 110 Å². The number of nitrogens with zero attached hydrogens (tertiary/aromatic N) is 2. The zero-order valence-electron chi connectivity index (χ0n) is 10.6. The van der Waals surface area contributed by atoms with E-state index in [-0.39, 0.29) is 5.69 Å². The van der Waals surface area contributed by atoms with E-state index in [0.717, 1.165) is 5.56 Å². The third-order valence-corrected chi connectivity index (χ3v) is 3.27. The number of rotatable bonds is 3. The van der Waals surface area contributed by atoms with Crippen LogP contribution in [0.4, 0.5) is 11.4 Å². The van der Waals surface area contributed by atoms with Crippen LogP contribution in [0.1, 0.15) is 5.56 Å². The molecule has 0 saturated carbocycles. The predicted molar refractivity (Wildman–Crippen MR) is 71.0 cm³/mol. The number of benzene rings is 1. The molecule has 0 bridgehead atoms. The number of hydrogen-bond acceptors (Lipinski definition) is 5. The first-order valence-electron chi connectivity index (χ1n) is 6.03. The molecule has 1 unspecified atom stereocenters. The van der Waals surface area contributed by atoms with Gasteiger partial charge in [0.05, 0.1) is 4.92 Å². The highest BCUT2D eigenvalue weighted by Crippen LogP contribution is 2.33. The SMILES string of the molecule is Cc1cccc([N+](=O)[O-])c1N1CCNCC1C(N)=O. The summed E-state index contributed by atoms with van der Waals surface area (Å²) in [5, 5.41) is 14.2. The van der Waals surface area contributed by atoms with Crippen LogP contribution in [0.25, 0.3) is 0 Å².